The fourth-order valence-corrected chi connectivity index (χ4v) is 3.88. The molecule has 0 aromatic carbocycles. The molecule has 0 spiro atoms. The van der Waals surface area contributed by atoms with Gasteiger partial charge in [0.15, 0.2) is 5.84 Å². The molecule has 1 saturated heterocycles. The van der Waals surface area contributed by atoms with Crippen molar-refractivity contribution in [3.63, 3.8) is 0 Å². The number of piperidine rings is 1. The molecule has 118 valence electrons. The van der Waals surface area contributed by atoms with Gasteiger partial charge in [-0.05, 0) is 24.8 Å². The van der Waals surface area contributed by atoms with Crippen molar-refractivity contribution in [2.24, 2.45) is 22.4 Å². The van der Waals surface area contributed by atoms with E-state index in [9.17, 15) is 18.5 Å². The summed E-state index contributed by atoms with van der Waals surface area (Å²) in [5.74, 6) is -0.341. The lowest BCUT2D eigenvalue weighted by Crippen LogP contribution is -2.65. The van der Waals surface area contributed by atoms with Crippen molar-refractivity contribution < 1.29 is 13.3 Å². The molecule has 0 aliphatic carbocycles. The van der Waals surface area contributed by atoms with Gasteiger partial charge in [0.2, 0.25) is 10.0 Å². The first-order valence-corrected chi connectivity index (χ1v) is 8.39. The third-order valence-corrected chi connectivity index (χ3v) is 5.48. The Kier molecular flexibility index (Phi) is 4.04. The summed E-state index contributed by atoms with van der Waals surface area (Å²) >= 11 is 0. The second kappa shape index (κ2) is 5.35. The molecule has 0 radical (unpaired) electrons. The van der Waals surface area contributed by atoms with Crippen molar-refractivity contribution in [3.8, 4) is 0 Å². The Morgan fingerprint density at radius 1 is 1.48 bits per heavy atom. The van der Waals surface area contributed by atoms with Crippen LogP contribution in [0.1, 0.15) is 12.8 Å². The zero-order chi connectivity index (χ0) is 15.8. The highest BCUT2D eigenvalue weighted by Crippen LogP contribution is 2.33. The number of nitrogens with two attached hydrogens (primary N) is 2. The zero-order valence-electron chi connectivity index (χ0n) is 11.7. The lowest BCUT2D eigenvalue weighted by molar-refractivity contribution is -0.513. The van der Waals surface area contributed by atoms with Crippen LogP contribution in [0.2, 0.25) is 0 Å². The molecule has 0 bridgehead atoms. The van der Waals surface area contributed by atoms with Crippen LogP contribution >= 0.6 is 0 Å². The normalized spacial score (nSPS) is 31.9. The minimum atomic E-state index is -3.25. The van der Waals surface area contributed by atoms with E-state index in [-0.39, 0.29) is 11.8 Å². The SMILES string of the molecule is CS(=O)(=O)N1CCC(C2(N)C=CN=C(N)C2[N+](=O)[O-])CC1. The lowest BCUT2D eigenvalue weighted by atomic mass is 9.73. The molecule has 2 unspecified atom stereocenters. The first-order valence-electron chi connectivity index (χ1n) is 6.54. The van der Waals surface area contributed by atoms with Crippen LogP contribution in [0.15, 0.2) is 17.3 Å². The molecule has 0 amide bonds. The molecule has 21 heavy (non-hydrogen) atoms. The van der Waals surface area contributed by atoms with E-state index < -0.39 is 26.5 Å². The number of hydrogen-bond acceptors (Lipinski definition) is 7. The van der Waals surface area contributed by atoms with E-state index in [1.807, 2.05) is 0 Å². The molecular formula is C11H19N5O4S. The Balaban J connectivity index is 2.20. The van der Waals surface area contributed by atoms with E-state index in [0.29, 0.717) is 25.9 Å². The standard InChI is InChI=1S/C11H19N5O4S/c1-21(19,20)15-6-2-8(3-7-15)11(13)4-5-14-10(12)9(11)16(17)18/h4-5,8-9H,2-3,6-7,13H2,1H3,(H2,12,14). The number of aliphatic imine (C=N–C) groups is 1. The predicted octanol–water partition coefficient (Wildman–Crippen LogP) is -1.11. The van der Waals surface area contributed by atoms with Crippen LogP contribution in [-0.2, 0) is 10.0 Å². The summed E-state index contributed by atoms with van der Waals surface area (Å²) in [6.07, 6.45) is 4.95. The Morgan fingerprint density at radius 2 is 2.05 bits per heavy atom. The van der Waals surface area contributed by atoms with Crippen LogP contribution in [0.25, 0.3) is 0 Å². The third kappa shape index (κ3) is 2.92. The van der Waals surface area contributed by atoms with Crippen molar-refractivity contribution in [1.29, 1.82) is 0 Å². The molecule has 2 aliphatic rings. The molecule has 10 heteroatoms. The number of rotatable bonds is 3. The van der Waals surface area contributed by atoms with Crippen LogP contribution < -0.4 is 11.5 Å². The molecular weight excluding hydrogens is 298 g/mol. The van der Waals surface area contributed by atoms with Crippen molar-refractivity contribution in [2.75, 3.05) is 19.3 Å². The molecule has 0 aromatic rings. The van der Waals surface area contributed by atoms with Gasteiger partial charge in [-0.25, -0.2) is 17.7 Å². The minimum absolute atomic E-state index is 0.115. The molecule has 4 N–H and O–H groups in total. The topological polar surface area (TPSA) is 145 Å². The van der Waals surface area contributed by atoms with Gasteiger partial charge in [-0.3, -0.25) is 10.1 Å². The van der Waals surface area contributed by atoms with Crippen molar-refractivity contribution in [3.05, 3.63) is 22.4 Å². The molecule has 1 fully saturated rings. The van der Waals surface area contributed by atoms with Crippen LogP contribution in [0.5, 0.6) is 0 Å². The van der Waals surface area contributed by atoms with Crippen LogP contribution in [0.4, 0.5) is 0 Å². The summed E-state index contributed by atoms with van der Waals surface area (Å²) in [6.45, 7) is 0.607. The molecule has 0 aromatic heterocycles. The highest BCUT2D eigenvalue weighted by Gasteiger charge is 2.52. The summed E-state index contributed by atoms with van der Waals surface area (Å²) < 4.78 is 24.4. The van der Waals surface area contributed by atoms with E-state index in [0.717, 1.165) is 6.26 Å². The molecule has 2 heterocycles. The highest BCUT2D eigenvalue weighted by atomic mass is 32.2. The largest absolute Gasteiger partial charge is 0.381 e. The first-order chi connectivity index (χ1) is 9.66. The van der Waals surface area contributed by atoms with Crippen molar-refractivity contribution in [2.45, 2.75) is 24.4 Å². The van der Waals surface area contributed by atoms with Gasteiger partial charge in [0, 0.05) is 24.2 Å². The van der Waals surface area contributed by atoms with Gasteiger partial charge >= 0.3 is 0 Å². The zero-order valence-corrected chi connectivity index (χ0v) is 12.5. The number of sulfonamides is 1. The Morgan fingerprint density at radius 3 is 2.52 bits per heavy atom. The molecule has 2 rings (SSSR count). The molecule has 2 aliphatic heterocycles. The van der Waals surface area contributed by atoms with Gasteiger partial charge in [-0.2, -0.15) is 0 Å². The van der Waals surface area contributed by atoms with Gasteiger partial charge in [-0.15, -0.1) is 0 Å². The van der Waals surface area contributed by atoms with Crippen LogP contribution in [-0.4, -0.2) is 54.4 Å². The Labute approximate surface area is 122 Å². The quantitative estimate of drug-likeness (QED) is 0.498. The third-order valence-electron chi connectivity index (χ3n) is 4.18. The van der Waals surface area contributed by atoms with Crippen LogP contribution in [0, 0.1) is 16.0 Å². The molecule has 0 saturated carbocycles. The number of nitro groups is 1. The average Bonchev–Trinajstić information content (AvgIpc) is 2.37. The Bertz CT molecular complexity index is 594. The summed E-state index contributed by atoms with van der Waals surface area (Å²) in [7, 11) is -3.25. The van der Waals surface area contributed by atoms with Gasteiger partial charge in [0.1, 0.15) is 5.54 Å². The highest BCUT2D eigenvalue weighted by molar-refractivity contribution is 7.88. The van der Waals surface area contributed by atoms with Gasteiger partial charge in [0.25, 0.3) is 6.04 Å². The van der Waals surface area contributed by atoms with Gasteiger partial charge in [0.05, 0.1) is 6.26 Å². The maximum atomic E-state index is 11.5. The first kappa shape index (κ1) is 15.9. The summed E-state index contributed by atoms with van der Waals surface area (Å²) in [5, 5.41) is 11.3. The fraction of sp³-hybridized carbons (Fsp3) is 0.727. The number of nitrogens with zero attached hydrogens (tertiary/aromatic N) is 3. The van der Waals surface area contributed by atoms with E-state index >= 15 is 0 Å². The monoisotopic (exact) mass is 317 g/mol. The lowest BCUT2D eigenvalue weighted by Gasteiger charge is -2.41. The maximum absolute atomic E-state index is 11.5. The second-order valence-corrected chi connectivity index (χ2v) is 7.48. The summed E-state index contributed by atoms with van der Waals surface area (Å²) in [5.41, 5.74) is 10.7. The number of hydrogen-bond donors (Lipinski definition) is 2. The summed E-state index contributed by atoms with van der Waals surface area (Å²) in [4.78, 5) is 14.5. The van der Waals surface area contributed by atoms with E-state index in [1.165, 1.54) is 16.6 Å². The van der Waals surface area contributed by atoms with E-state index in [1.54, 1.807) is 0 Å². The van der Waals surface area contributed by atoms with Gasteiger partial charge in [-0.1, -0.05) is 0 Å². The van der Waals surface area contributed by atoms with Crippen molar-refractivity contribution in [1.82, 2.24) is 4.31 Å². The maximum Gasteiger partial charge on any atom is 0.290 e. The predicted molar refractivity (Wildman–Crippen MR) is 77.6 cm³/mol. The Hall–Kier alpha value is -1.52. The minimum Gasteiger partial charge on any atom is -0.381 e. The van der Waals surface area contributed by atoms with E-state index in [2.05, 4.69) is 4.99 Å². The van der Waals surface area contributed by atoms with Gasteiger partial charge < -0.3 is 11.5 Å². The number of amidine groups is 1. The molecule has 2 atom stereocenters. The average molecular weight is 317 g/mol. The van der Waals surface area contributed by atoms with E-state index in [4.69, 9.17) is 11.5 Å². The second-order valence-electron chi connectivity index (χ2n) is 5.49. The molecule has 9 nitrogen and oxygen atoms in total. The smallest absolute Gasteiger partial charge is 0.290 e. The fourth-order valence-electron chi connectivity index (χ4n) is 3.01. The van der Waals surface area contributed by atoms with Crippen molar-refractivity contribution >= 4 is 15.9 Å². The van der Waals surface area contributed by atoms with Crippen LogP contribution in [0.3, 0.4) is 0 Å². The summed E-state index contributed by atoms with van der Waals surface area (Å²) in [6, 6.07) is -1.28.